The summed E-state index contributed by atoms with van der Waals surface area (Å²) < 4.78 is 90.0. The van der Waals surface area contributed by atoms with E-state index >= 15 is 0 Å². The summed E-state index contributed by atoms with van der Waals surface area (Å²) in [4.78, 5) is 2.27. The van der Waals surface area contributed by atoms with E-state index in [4.69, 9.17) is 0 Å². The van der Waals surface area contributed by atoms with Crippen LogP contribution in [0.3, 0.4) is 0 Å². The number of sulfone groups is 1. The van der Waals surface area contributed by atoms with Gasteiger partial charge in [0.05, 0.1) is 17.9 Å². The van der Waals surface area contributed by atoms with Crippen molar-refractivity contribution >= 4 is 21.0 Å². The molecule has 2 aromatic carbocycles. The van der Waals surface area contributed by atoms with Gasteiger partial charge >= 0.3 is 6.18 Å². The van der Waals surface area contributed by atoms with Crippen molar-refractivity contribution in [1.29, 1.82) is 0 Å². The van der Waals surface area contributed by atoms with Crippen molar-refractivity contribution in [2.45, 2.75) is 89.3 Å². The second kappa shape index (κ2) is 14.3. The van der Waals surface area contributed by atoms with Crippen molar-refractivity contribution in [2.24, 2.45) is 0 Å². The Hall–Kier alpha value is -2.46. The Morgan fingerprint density at radius 1 is 0.905 bits per heavy atom. The van der Waals surface area contributed by atoms with Crippen molar-refractivity contribution < 1.29 is 35.5 Å². The third-order valence-corrected chi connectivity index (χ3v) is 10.2. The molecule has 2 aromatic rings. The Kier molecular flexibility index (Phi) is 11.1. The van der Waals surface area contributed by atoms with Gasteiger partial charge in [-0.3, -0.25) is 0 Å². The molecule has 1 atom stereocenters. The highest BCUT2D eigenvalue weighted by Crippen LogP contribution is 2.40. The van der Waals surface area contributed by atoms with Crippen molar-refractivity contribution in [1.82, 2.24) is 4.90 Å². The average Bonchev–Trinajstić information content (AvgIpc) is 3.29. The summed E-state index contributed by atoms with van der Waals surface area (Å²) in [6, 6.07) is 9.12. The Morgan fingerprint density at radius 2 is 1.67 bits per heavy atom. The number of halogens is 5. The number of hydrogen-bond donors (Lipinski definition) is 1. The lowest BCUT2D eigenvalue weighted by molar-refractivity contribution is -0.129. The van der Waals surface area contributed by atoms with Gasteiger partial charge in [-0.1, -0.05) is 18.9 Å². The molecule has 0 bridgehead atoms. The van der Waals surface area contributed by atoms with Gasteiger partial charge < -0.3 is 10.0 Å². The van der Waals surface area contributed by atoms with Crippen LogP contribution in [0.25, 0.3) is 11.1 Å². The maximum absolute atomic E-state index is 14.9. The molecule has 0 aromatic heterocycles. The van der Waals surface area contributed by atoms with E-state index in [0.29, 0.717) is 18.4 Å². The molecule has 1 saturated heterocycles. The van der Waals surface area contributed by atoms with Crippen molar-refractivity contribution in [3.8, 4) is 5.75 Å². The number of fused-ring (bicyclic) bond motifs is 1. The van der Waals surface area contributed by atoms with Crippen LogP contribution < -0.4 is 0 Å². The van der Waals surface area contributed by atoms with E-state index in [1.54, 1.807) is 12.1 Å². The van der Waals surface area contributed by atoms with Crippen LogP contribution in [0.2, 0.25) is 0 Å². The standard InChI is InChI=1S/C32H40F5NO3S/c33-24-11-13-30(31(34)22-24)29-10-5-7-23-21-26(39)12-14-27(23)28(29)9-3-1-2-4-17-38-18-6-8-25(38)15-19-42(40,41)20-16-32(35,36)37/h11-14,21-22,25,39H,1-10,15-20H2. The number of unbranched alkanes of at least 4 members (excludes halogenated alkanes) is 3. The third kappa shape index (κ3) is 9.27. The molecule has 0 amide bonds. The van der Waals surface area contributed by atoms with Crippen LogP contribution in [0, 0.1) is 11.6 Å². The minimum absolute atomic E-state index is 0.0860. The summed E-state index contributed by atoms with van der Waals surface area (Å²) in [6.07, 6.45) is 3.09. The van der Waals surface area contributed by atoms with Crippen LogP contribution in [0.15, 0.2) is 36.4 Å². The normalized spacial score (nSPS) is 18.4. The molecule has 1 aliphatic carbocycles. The minimum Gasteiger partial charge on any atom is -0.508 e. The summed E-state index contributed by atoms with van der Waals surface area (Å²) in [7, 11) is -3.73. The molecule has 1 heterocycles. The van der Waals surface area contributed by atoms with Crippen molar-refractivity contribution in [2.75, 3.05) is 24.6 Å². The van der Waals surface area contributed by atoms with E-state index in [0.717, 1.165) is 99.2 Å². The average molecular weight is 614 g/mol. The van der Waals surface area contributed by atoms with Gasteiger partial charge in [0.2, 0.25) is 0 Å². The van der Waals surface area contributed by atoms with E-state index in [9.17, 15) is 35.5 Å². The number of likely N-dealkylation sites (tertiary alicyclic amines) is 1. The second-order valence-corrected chi connectivity index (χ2v) is 13.9. The second-order valence-electron chi connectivity index (χ2n) is 11.6. The fourth-order valence-electron chi connectivity index (χ4n) is 6.34. The lowest BCUT2D eigenvalue weighted by Gasteiger charge is -2.24. The minimum atomic E-state index is -4.47. The number of alkyl halides is 3. The molecular formula is C32H40F5NO3S. The molecule has 232 valence electrons. The van der Waals surface area contributed by atoms with Crippen molar-refractivity contribution in [3.05, 3.63) is 64.7 Å². The Bertz CT molecular complexity index is 1360. The van der Waals surface area contributed by atoms with Crippen LogP contribution in [0.4, 0.5) is 22.0 Å². The van der Waals surface area contributed by atoms with Gasteiger partial charge in [-0.15, -0.1) is 0 Å². The Morgan fingerprint density at radius 3 is 2.43 bits per heavy atom. The van der Waals surface area contributed by atoms with Gasteiger partial charge in [0.1, 0.15) is 17.4 Å². The summed E-state index contributed by atoms with van der Waals surface area (Å²) in [5.74, 6) is -2.04. The van der Waals surface area contributed by atoms with Gasteiger partial charge in [0.15, 0.2) is 9.84 Å². The van der Waals surface area contributed by atoms with Crippen LogP contribution in [-0.2, 0) is 16.3 Å². The molecule has 0 radical (unpaired) electrons. The maximum atomic E-state index is 14.9. The molecule has 4 nitrogen and oxygen atoms in total. The smallest absolute Gasteiger partial charge is 0.390 e. The van der Waals surface area contributed by atoms with E-state index < -0.39 is 39.8 Å². The number of phenolic OH excluding ortho intramolecular Hbond substituents is 1. The molecule has 1 fully saturated rings. The first-order valence-corrected chi connectivity index (χ1v) is 16.7. The zero-order valence-electron chi connectivity index (χ0n) is 23.9. The number of phenols is 1. The van der Waals surface area contributed by atoms with Crippen LogP contribution in [-0.4, -0.2) is 55.2 Å². The molecular weight excluding hydrogens is 573 g/mol. The molecule has 2 aliphatic rings. The largest absolute Gasteiger partial charge is 0.508 e. The predicted molar refractivity (Wildman–Crippen MR) is 156 cm³/mol. The van der Waals surface area contributed by atoms with Gasteiger partial charge in [-0.25, -0.2) is 17.2 Å². The summed E-state index contributed by atoms with van der Waals surface area (Å²) in [5.41, 5.74) is 4.39. The number of aryl methyl sites for hydroxylation is 1. The quantitative estimate of drug-likeness (QED) is 0.183. The molecule has 1 aliphatic heterocycles. The summed E-state index contributed by atoms with van der Waals surface area (Å²) in [6.45, 7) is 1.69. The molecule has 10 heteroatoms. The van der Waals surface area contributed by atoms with Gasteiger partial charge in [-0.05, 0) is 117 Å². The van der Waals surface area contributed by atoms with Crippen molar-refractivity contribution in [3.63, 3.8) is 0 Å². The molecule has 0 saturated carbocycles. The number of hydrogen-bond acceptors (Lipinski definition) is 4. The number of benzene rings is 2. The Balaban J connectivity index is 1.31. The zero-order chi connectivity index (χ0) is 30.3. The summed E-state index contributed by atoms with van der Waals surface area (Å²) in [5, 5.41) is 10.0. The zero-order valence-corrected chi connectivity index (χ0v) is 24.7. The van der Waals surface area contributed by atoms with Crippen LogP contribution >= 0.6 is 0 Å². The number of rotatable bonds is 13. The van der Waals surface area contributed by atoms with Crippen LogP contribution in [0.5, 0.6) is 5.75 Å². The summed E-state index contributed by atoms with van der Waals surface area (Å²) >= 11 is 0. The monoisotopic (exact) mass is 613 g/mol. The first-order valence-electron chi connectivity index (χ1n) is 14.9. The number of aromatic hydroxyl groups is 1. The van der Waals surface area contributed by atoms with E-state index in [2.05, 4.69) is 4.90 Å². The van der Waals surface area contributed by atoms with E-state index in [1.165, 1.54) is 12.1 Å². The fraction of sp³-hybridized carbons (Fsp3) is 0.562. The molecule has 1 unspecified atom stereocenters. The van der Waals surface area contributed by atoms with Crippen LogP contribution in [0.1, 0.15) is 87.3 Å². The molecule has 0 spiro atoms. The topological polar surface area (TPSA) is 57.6 Å². The highest BCUT2D eigenvalue weighted by Gasteiger charge is 2.31. The predicted octanol–water partition coefficient (Wildman–Crippen LogP) is 8.09. The number of nitrogens with zero attached hydrogens (tertiary/aromatic N) is 1. The SMILES string of the molecule is O=S(=O)(CCC1CCCN1CCCCCCC1=C(c2ccc(F)cc2F)CCCc2cc(O)ccc21)CCC(F)(F)F. The highest BCUT2D eigenvalue weighted by atomic mass is 32.2. The lowest BCUT2D eigenvalue weighted by atomic mass is 9.88. The highest BCUT2D eigenvalue weighted by molar-refractivity contribution is 7.91. The molecule has 4 rings (SSSR count). The number of allylic oxidation sites excluding steroid dienone is 2. The maximum Gasteiger partial charge on any atom is 0.390 e. The third-order valence-electron chi connectivity index (χ3n) is 8.49. The lowest BCUT2D eigenvalue weighted by Crippen LogP contribution is -2.32. The molecule has 42 heavy (non-hydrogen) atoms. The van der Waals surface area contributed by atoms with Gasteiger partial charge in [0.25, 0.3) is 0 Å². The first-order chi connectivity index (χ1) is 19.9. The van der Waals surface area contributed by atoms with E-state index in [-0.39, 0.29) is 17.5 Å². The fourth-order valence-corrected chi connectivity index (χ4v) is 7.72. The molecule has 1 N–H and O–H groups in total. The Labute approximate surface area is 245 Å². The first kappa shape index (κ1) is 32.5. The van der Waals surface area contributed by atoms with Gasteiger partial charge in [0, 0.05) is 17.7 Å². The van der Waals surface area contributed by atoms with E-state index in [1.807, 2.05) is 6.07 Å². The van der Waals surface area contributed by atoms with Gasteiger partial charge in [-0.2, -0.15) is 13.2 Å².